The van der Waals surface area contributed by atoms with Gasteiger partial charge in [0.25, 0.3) is 0 Å². The first-order valence-electron chi connectivity index (χ1n) is 7.58. The van der Waals surface area contributed by atoms with E-state index in [0.29, 0.717) is 0 Å². The minimum absolute atomic E-state index is 0.461. The molecule has 110 valence electrons. The van der Waals surface area contributed by atoms with Crippen molar-refractivity contribution < 1.29 is 5.11 Å². The van der Waals surface area contributed by atoms with Crippen LogP contribution in [0.15, 0.2) is 18.2 Å². The highest BCUT2D eigenvalue weighted by molar-refractivity contribution is 6.33. The molecule has 3 rings (SSSR count). The first-order valence-corrected chi connectivity index (χ1v) is 7.96. The van der Waals surface area contributed by atoms with Gasteiger partial charge in [-0.25, -0.2) is 0 Å². The highest BCUT2D eigenvalue weighted by atomic mass is 35.5. The van der Waals surface area contributed by atoms with Gasteiger partial charge in [0.2, 0.25) is 0 Å². The average molecular weight is 295 g/mol. The van der Waals surface area contributed by atoms with E-state index in [-0.39, 0.29) is 0 Å². The van der Waals surface area contributed by atoms with Gasteiger partial charge in [-0.15, -0.1) is 0 Å². The molecule has 0 radical (unpaired) electrons. The van der Waals surface area contributed by atoms with Crippen LogP contribution in [0.4, 0.5) is 5.69 Å². The van der Waals surface area contributed by atoms with Crippen molar-refractivity contribution in [3.63, 3.8) is 0 Å². The van der Waals surface area contributed by atoms with Crippen LogP contribution in [-0.2, 0) is 0 Å². The predicted molar refractivity (Wildman–Crippen MR) is 83.5 cm³/mol. The third kappa shape index (κ3) is 3.27. The van der Waals surface area contributed by atoms with Crippen molar-refractivity contribution in [2.45, 2.75) is 25.9 Å². The van der Waals surface area contributed by atoms with Gasteiger partial charge < -0.3 is 10.0 Å². The summed E-state index contributed by atoms with van der Waals surface area (Å²) in [5.41, 5.74) is 1.98. The number of piperazine rings is 1. The van der Waals surface area contributed by atoms with E-state index in [1.54, 1.807) is 6.92 Å². The molecular weight excluding hydrogens is 272 g/mol. The predicted octanol–water partition coefficient (Wildman–Crippen LogP) is 2.93. The quantitative estimate of drug-likeness (QED) is 0.925. The maximum Gasteiger partial charge on any atom is 0.0762 e. The molecular formula is C16H23ClN2O. The molecule has 20 heavy (non-hydrogen) atoms. The fourth-order valence-corrected chi connectivity index (χ4v) is 3.18. The van der Waals surface area contributed by atoms with Crippen molar-refractivity contribution in [1.29, 1.82) is 0 Å². The molecule has 4 heteroatoms. The lowest BCUT2D eigenvalue weighted by atomic mass is 10.1. The molecule has 0 spiro atoms. The third-order valence-electron chi connectivity index (χ3n) is 4.38. The van der Waals surface area contributed by atoms with Crippen LogP contribution < -0.4 is 4.90 Å². The van der Waals surface area contributed by atoms with Gasteiger partial charge in [-0.1, -0.05) is 17.7 Å². The molecule has 1 aromatic rings. The number of rotatable bonds is 4. The highest BCUT2D eigenvalue weighted by Gasteiger charge is 2.26. The van der Waals surface area contributed by atoms with Crippen LogP contribution >= 0.6 is 11.6 Å². The van der Waals surface area contributed by atoms with Crippen LogP contribution in [0.25, 0.3) is 0 Å². The maximum absolute atomic E-state index is 9.59. The number of anilines is 1. The van der Waals surface area contributed by atoms with E-state index in [0.717, 1.165) is 48.4 Å². The van der Waals surface area contributed by atoms with Crippen molar-refractivity contribution in [2.24, 2.45) is 5.92 Å². The van der Waals surface area contributed by atoms with Gasteiger partial charge in [0.1, 0.15) is 0 Å². The van der Waals surface area contributed by atoms with Crippen molar-refractivity contribution >= 4 is 17.3 Å². The Labute approximate surface area is 126 Å². The minimum Gasteiger partial charge on any atom is -0.389 e. The summed E-state index contributed by atoms with van der Waals surface area (Å²) in [5, 5.41) is 10.3. The molecule has 1 saturated heterocycles. The monoisotopic (exact) mass is 294 g/mol. The second-order valence-electron chi connectivity index (χ2n) is 6.12. The Balaban J connectivity index is 1.62. The summed E-state index contributed by atoms with van der Waals surface area (Å²) >= 11 is 6.37. The summed E-state index contributed by atoms with van der Waals surface area (Å²) < 4.78 is 0. The molecule has 1 aliphatic carbocycles. The second kappa shape index (κ2) is 5.92. The van der Waals surface area contributed by atoms with E-state index >= 15 is 0 Å². The summed E-state index contributed by atoms with van der Waals surface area (Å²) in [7, 11) is 0. The molecule has 0 unspecified atom stereocenters. The minimum atomic E-state index is -0.461. The summed E-state index contributed by atoms with van der Waals surface area (Å²) in [6.07, 6.45) is 2.39. The molecule has 0 bridgehead atoms. The SMILES string of the molecule is C[C@@H](O)c1ccc(N2CCN(CC3CC3)CC2)c(Cl)c1. The fraction of sp³-hybridized carbons (Fsp3) is 0.625. The van der Waals surface area contributed by atoms with Crippen LogP contribution in [0.1, 0.15) is 31.4 Å². The lowest BCUT2D eigenvalue weighted by Crippen LogP contribution is -2.47. The van der Waals surface area contributed by atoms with Gasteiger partial charge in [-0.2, -0.15) is 0 Å². The van der Waals surface area contributed by atoms with Gasteiger partial charge in [-0.3, -0.25) is 4.90 Å². The summed E-state index contributed by atoms with van der Waals surface area (Å²) in [6, 6.07) is 5.90. The molecule has 1 N–H and O–H groups in total. The van der Waals surface area contributed by atoms with E-state index in [4.69, 9.17) is 11.6 Å². The van der Waals surface area contributed by atoms with E-state index in [2.05, 4.69) is 9.80 Å². The molecule has 1 saturated carbocycles. The molecule has 1 heterocycles. The van der Waals surface area contributed by atoms with Crippen LogP contribution in [0, 0.1) is 5.92 Å². The molecule has 1 aromatic carbocycles. The standard InChI is InChI=1S/C16H23ClN2O/c1-12(20)14-4-5-16(15(17)10-14)19-8-6-18(7-9-19)11-13-2-3-13/h4-5,10,12-13,20H,2-3,6-9,11H2,1H3/t12-/m1/s1. The molecule has 0 aromatic heterocycles. The average Bonchev–Trinajstić information content (AvgIpc) is 3.24. The number of hydrogen-bond donors (Lipinski definition) is 1. The zero-order valence-electron chi connectivity index (χ0n) is 12.1. The highest BCUT2D eigenvalue weighted by Crippen LogP contribution is 2.32. The first-order chi connectivity index (χ1) is 9.63. The Bertz CT molecular complexity index is 466. The van der Waals surface area contributed by atoms with Gasteiger partial charge >= 0.3 is 0 Å². The van der Waals surface area contributed by atoms with Crippen LogP contribution in [-0.4, -0.2) is 42.7 Å². The first kappa shape index (κ1) is 14.2. The van der Waals surface area contributed by atoms with Crippen molar-refractivity contribution in [3.05, 3.63) is 28.8 Å². The molecule has 1 atom stereocenters. The number of aliphatic hydroxyl groups is 1. The Morgan fingerprint density at radius 1 is 1.25 bits per heavy atom. The normalized spacial score (nSPS) is 22.1. The van der Waals surface area contributed by atoms with Crippen molar-refractivity contribution in [1.82, 2.24) is 4.90 Å². The smallest absolute Gasteiger partial charge is 0.0762 e. The van der Waals surface area contributed by atoms with E-state index < -0.39 is 6.10 Å². The van der Waals surface area contributed by atoms with Gasteiger partial charge in [0.05, 0.1) is 16.8 Å². The molecule has 3 nitrogen and oxygen atoms in total. The van der Waals surface area contributed by atoms with Crippen LogP contribution in [0.5, 0.6) is 0 Å². The lowest BCUT2D eigenvalue weighted by molar-refractivity contribution is 0.199. The third-order valence-corrected chi connectivity index (χ3v) is 4.68. The Morgan fingerprint density at radius 2 is 1.95 bits per heavy atom. The van der Waals surface area contributed by atoms with Crippen molar-refractivity contribution in [3.8, 4) is 0 Å². The number of aliphatic hydroxyl groups excluding tert-OH is 1. The molecule has 1 aliphatic heterocycles. The summed E-state index contributed by atoms with van der Waals surface area (Å²) in [6.45, 7) is 7.39. The zero-order valence-corrected chi connectivity index (χ0v) is 12.8. The van der Waals surface area contributed by atoms with E-state index in [1.807, 2.05) is 18.2 Å². The van der Waals surface area contributed by atoms with Gasteiger partial charge in [-0.05, 0) is 43.4 Å². The second-order valence-corrected chi connectivity index (χ2v) is 6.53. The van der Waals surface area contributed by atoms with Gasteiger partial charge in [0.15, 0.2) is 0 Å². The molecule has 0 amide bonds. The summed E-state index contributed by atoms with van der Waals surface area (Å²) in [5.74, 6) is 0.968. The number of hydrogen-bond acceptors (Lipinski definition) is 3. The Morgan fingerprint density at radius 3 is 2.50 bits per heavy atom. The van der Waals surface area contributed by atoms with Crippen LogP contribution in [0.3, 0.4) is 0 Å². The zero-order chi connectivity index (χ0) is 14.1. The number of halogens is 1. The Hall–Kier alpha value is -0.770. The maximum atomic E-state index is 9.59. The molecule has 2 aliphatic rings. The van der Waals surface area contributed by atoms with Gasteiger partial charge in [0, 0.05) is 32.7 Å². The van der Waals surface area contributed by atoms with Crippen molar-refractivity contribution in [2.75, 3.05) is 37.6 Å². The lowest BCUT2D eigenvalue weighted by Gasteiger charge is -2.36. The van der Waals surface area contributed by atoms with Crippen LogP contribution in [0.2, 0.25) is 5.02 Å². The number of nitrogens with zero attached hydrogens (tertiary/aromatic N) is 2. The Kier molecular flexibility index (Phi) is 4.20. The molecule has 2 fully saturated rings. The topological polar surface area (TPSA) is 26.7 Å². The summed E-state index contributed by atoms with van der Waals surface area (Å²) in [4.78, 5) is 4.93. The number of benzene rings is 1. The fourth-order valence-electron chi connectivity index (χ4n) is 2.88. The van der Waals surface area contributed by atoms with E-state index in [1.165, 1.54) is 19.4 Å². The van der Waals surface area contributed by atoms with E-state index in [9.17, 15) is 5.11 Å². The largest absolute Gasteiger partial charge is 0.389 e.